The van der Waals surface area contributed by atoms with Crippen molar-refractivity contribution < 1.29 is 9.90 Å². The van der Waals surface area contributed by atoms with E-state index in [4.69, 9.17) is 5.11 Å². The monoisotopic (exact) mass is 117 g/mol. The van der Waals surface area contributed by atoms with E-state index in [2.05, 4.69) is 0 Å². The van der Waals surface area contributed by atoms with E-state index >= 15 is 0 Å². The van der Waals surface area contributed by atoms with E-state index in [1.54, 1.807) is 19.0 Å². The third kappa shape index (κ3) is 2.04. The SMILES string of the molecule is CN(C)C(C=O)CO. The van der Waals surface area contributed by atoms with E-state index in [9.17, 15) is 4.79 Å². The number of aliphatic hydroxyl groups is 1. The number of rotatable bonds is 3. The highest BCUT2D eigenvalue weighted by Gasteiger charge is 2.05. The van der Waals surface area contributed by atoms with Crippen LogP contribution in [0.5, 0.6) is 0 Å². The molecule has 0 radical (unpaired) electrons. The van der Waals surface area contributed by atoms with Gasteiger partial charge in [0.2, 0.25) is 0 Å². The second-order valence-corrected chi connectivity index (χ2v) is 1.85. The lowest BCUT2D eigenvalue weighted by Crippen LogP contribution is -2.32. The number of carbonyl (C=O) groups excluding carboxylic acids is 1. The second-order valence-electron chi connectivity index (χ2n) is 1.85. The van der Waals surface area contributed by atoms with Gasteiger partial charge in [0.15, 0.2) is 0 Å². The first-order valence-electron chi connectivity index (χ1n) is 2.45. The summed E-state index contributed by atoms with van der Waals surface area (Å²) in [5.74, 6) is 0. The molecule has 1 atom stereocenters. The summed E-state index contributed by atoms with van der Waals surface area (Å²) in [6.45, 7) is -0.101. The summed E-state index contributed by atoms with van der Waals surface area (Å²) in [5, 5.41) is 8.42. The molecule has 0 aliphatic rings. The molecule has 0 saturated carbocycles. The van der Waals surface area contributed by atoms with Crippen molar-refractivity contribution >= 4 is 6.29 Å². The Morgan fingerprint density at radius 3 is 2.25 bits per heavy atom. The number of carbonyl (C=O) groups is 1. The van der Waals surface area contributed by atoms with Crippen molar-refractivity contribution in [1.29, 1.82) is 0 Å². The Morgan fingerprint density at radius 1 is 1.75 bits per heavy atom. The third-order valence-corrected chi connectivity index (χ3v) is 1.01. The third-order valence-electron chi connectivity index (χ3n) is 1.01. The second kappa shape index (κ2) is 3.57. The molecule has 1 N–H and O–H groups in total. The number of nitrogens with zero attached hydrogens (tertiary/aromatic N) is 1. The molecular weight excluding hydrogens is 106 g/mol. The molecule has 0 aliphatic carbocycles. The molecule has 0 rings (SSSR count). The summed E-state index contributed by atoms with van der Waals surface area (Å²) in [6, 6.07) is -0.338. The van der Waals surface area contributed by atoms with Gasteiger partial charge < -0.3 is 9.90 Å². The first-order valence-corrected chi connectivity index (χ1v) is 2.45. The van der Waals surface area contributed by atoms with E-state index in [0.29, 0.717) is 0 Å². The number of aliphatic hydroxyl groups excluding tert-OH is 1. The molecule has 0 spiro atoms. The quantitative estimate of drug-likeness (QED) is 0.487. The molecule has 0 fully saturated rings. The van der Waals surface area contributed by atoms with Crippen LogP contribution in [0.2, 0.25) is 0 Å². The topological polar surface area (TPSA) is 40.5 Å². The van der Waals surface area contributed by atoms with Crippen molar-refractivity contribution in [2.24, 2.45) is 0 Å². The highest BCUT2D eigenvalue weighted by Crippen LogP contribution is 1.83. The van der Waals surface area contributed by atoms with Gasteiger partial charge in [0, 0.05) is 0 Å². The molecule has 0 heterocycles. The summed E-state index contributed by atoms with van der Waals surface area (Å²) >= 11 is 0. The van der Waals surface area contributed by atoms with Crippen molar-refractivity contribution in [2.75, 3.05) is 20.7 Å². The van der Waals surface area contributed by atoms with Crippen LogP contribution in [-0.4, -0.2) is 43.0 Å². The summed E-state index contributed by atoms with van der Waals surface area (Å²) in [7, 11) is 3.49. The Bertz CT molecular complexity index is 72.8. The van der Waals surface area contributed by atoms with Crippen LogP contribution in [0, 0.1) is 0 Å². The molecule has 3 nitrogen and oxygen atoms in total. The van der Waals surface area contributed by atoms with Crippen LogP contribution in [0.25, 0.3) is 0 Å². The van der Waals surface area contributed by atoms with Crippen LogP contribution in [0.4, 0.5) is 0 Å². The Balaban J connectivity index is 3.51. The zero-order chi connectivity index (χ0) is 6.57. The minimum absolute atomic E-state index is 0.101. The Kier molecular flexibility index (Phi) is 3.39. The molecule has 0 aliphatic heterocycles. The standard InChI is InChI=1S/C5H11NO2/c1-6(2)5(3-7)4-8/h3,5,8H,4H2,1-2H3. The summed E-state index contributed by atoms with van der Waals surface area (Å²) in [6.07, 6.45) is 0.722. The molecule has 0 aromatic heterocycles. The van der Waals surface area contributed by atoms with Crippen molar-refractivity contribution in [2.45, 2.75) is 6.04 Å². The molecule has 48 valence electrons. The molecule has 0 amide bonds. The fraction of sp³-hybridized carbons (Fsp3) is 0.800. The van der Waals surface area contributed by atoms with Crippen LogP contribution in [0.1, 0.15) is 0 Å². The fourth-order valence-corrected chi connectivity index (χ4v) is 0.328. The van der Waals surface area contributed by atoms with Crippen LogP contribution >= 0.6 is 0 Å². The normalized spacial score (nSPS) is 14.0. The van der Waals surface area contributed by atoms with Gasteiger partial charge in [-0.2, -0.15) is 0 Å². The fourth-order valence-electron chi connectivity index (χ4n) is 0.328. The van der Waals surface area contributed by atoms with E-state index in [0.717, 1.165) is 6.29 Å². The first-order chi connectivity index (χ1) is 3.72. The number of hydrogen-bond donors (Lipinski definition) is 1. The van der Waals surface area contributed by atoms with E-state index < -0.39 is 0 Å². The van der Waals surface area contributed by atoms with E-state index in [-0.39, 0.29) is 12.6 Å². The highest BCUT2D eigenvalue weighted by atomic mass is 16.3. The molecule has 0 aromatic rings. The molecule has 3 heteroatoms. The molecule has 8 heavy (non-hydrogen) atoms. The number of aldehydes is 1. The minimum atomic E-state index is -0.338. The van der Waals surface area contributed by atoms with Gasteiger partial charge in [-0.15, -0.1) is 0 Å². The van der Waals surface area contributed by atoms with E-state index in [1.165, 1.54) is 0 Å². The molecular formula is C5H11NO2. The average molecular weight is 117 g/mol. The summed E-state index contributed by atoms with van der Waals surface area (Å²) in [5.41, 5.74) is 0. The molecule has 1 unspecified atom stereocenters. The maximum Gasteiger partial charge on any atom is 0.139 e. The van der Waals surface area contributed by atoms with Gasteiger partial charge >= 0.3 is 0 Å². The predicted molar refractivity (Wildman–Crippen MR) is 30.6 cm³/mol. The molecule has 0 aromatic carbocycles. The lowest BCUT2D eigenvalue weighted by atomic mass is 10.3. The first kappa shape index (κ1) is 7.59. The maximum absolute atomic E-state index is 9.98. The largest absolute Gasteiger partial charge is 0.394 e. The zero-order valence-corrected chi connectivity index (χ0v) is 5.16. The Hall–Kier alpha value is -0.410. The minimum Gasteiger partial charge on any atom is -0.394 e. The maximum atomic E-state index is 9.98. The smallest absolute Gasteiger partial charge is 0.139 e. The zero-order valence-electron chi connectivity index (χ0n) is 5.16. The Morgan fingerprint density at radius 2 is 2.25 bits per heavy atom. The lowest BCUT2D eigenvalue weighted by molar-refractivity contribution is -0.112. The summed E-state index contributed by atoms with van der Waals surface area (Å²) < 4.78 is 0. The van der Waals surface area contributed by atoms with Crippen molar-refractivity contribution in [3.8, 4) is 0 Å². The van der Waals surface area contributed by atoms with E-state index in [1.807, 2.05) is 0 Å². The van der Waals surface area contributed by atoms with Crippen molar-refractivity contribution in [3.63, 3.8) is 0 Å². The highest BCUT2D eigenvalue weighted by molar-refractivity contribution is 5.57. The van der Waals surface area contributed by atoms with Gasteiger partial charge in [0.25, 0.3) is 0 Å². The number of hydrogen-bond acceptors (Lipinski definition) is 3. The van der Waals surface area contributed by atoms with Gasteiger partial charge in [0.1, 0.15) is 6.29 Å². The summed E-state index contributed by atoms with van der Waals surface area (Å²) in [4.78, 5) is 11.6. The van der Waals surface area contributed by atoms with Gasteiger partial charge in [0.05, 0.1) is 12.6 Å². The van der Waals surface area contributed by atoms with Gasteiger partial charge in [-0.25, -0.2) is 0 Å². The Labute approximate surface area is 48.9 Å². The van der Waals surface area contributed by atoms with Crippen LogP contribution < -0.4 is 0 Å². The van der Waals surface area contributed by atoms with Crippen LogP contribution in [0.3, 0.4) is 0 Å². The lowest BCUT2D eigenvalue weighted by Gasteiger charge is -2.14. The van der Waals surface area contributed by atoms with Crippen LogP contribution in [-0.2, 0) is 4.79 Å². The predicted octanol–water partition coefficient (Wildman–Crippen LogP) is -0.892. The van der Waals surface area contributed by atoms with Crippen LogP contribution in [0.15, 0.2) is 0 Å². The average Bonchev–Trinajstić information content (AvgIpc) is 1.69. The van der Waals surface area contributed by atoms with Gasteiger partial charge in [-0.1, -0.05) is 0 Å². The van der Waals surface area contributed by atoms with Gasteiger partial charge in [-0.3, -0.25) is 4.90 Å². The molecule has 0 saturated heterocycles. The van der Waals surface area contributed by atoms with Gasteiger partial charge in [-0.05, 0) is 14.1 Å². The van der Waals surface area contributed by atoms with Crippen molar-refractivity contribution in [1.82, 2.24) is 4.90 Å². The number of likely N-dealkylation sites (N-methyl/N-ethyl adjacent to an activating group) is 1. The molecule has 0 bridgehead atoms. The van der Waals surface area contributed by atoms with Crippen molar-refractivity contribution in [3.05, 3.63) is 0 Å².